The van der Waals surface area contributed by atoms with Gasteiger partial charge in [0.1, 0.15) is 5.54 Å². The van der Waals surface area contributed by atoms with Gasteiger partial charge in [0, 0.05) is 6.42 Å². The average Bonchev–Trinajstić information content (AvgIpc) is 2.49. The molecule has 0 saturated heterocycles. The molecule has 0 spiro atoms. The van der Waals surface area contributed by atoms with Crippen molar-refractivity contribution >= 4 is 10.8 Å². The Hall–Kier alpha value is -1.85. The summed E-state index contributed by atoms with van der Waals surface area (Å²) < 4.78 is 0. The Balaban J connectivity index is 2.43. The summed E-state index contributed by atoms with van der Waals surface area (Å²) in [6, 6.07) is 17.3. The maximum absolute atomic E-state index is 9.66. The van der Waals surface area contributed by atoms with Gasteiger partial charge in [-0.2, -0.15) is 5.26 Å². The zero-order valence-corrected chi connectivity index (χ0v) is 12.6. The highest BCUT2D eigenvalue weighted by Crippen LogP contribution is 2.25. The number of nitrogens with zero attached hydrogens (tertiary/aromatic N) is 2. The zero-order valence-electron chi connectivity index (χ0n) is 12.6. The second-order valence-electron chi connectivity index (χ2n) is 5.37. The lowest BCUT2D eigenvalue weighted by molar-refractivity contribution is 0.169. The molecule has 0 fully saturated rings. The molecule has 2 rings (SSSR count). The molecule has 0 saturated carbocycles. The van der Waals surface area contributed by atoms with E-state index in [1.807, 2.05) is 6.92 Å². The number of benzene rings is 2. The van der Waals surface area contributed by atoms with E-state index in [1.165, 1.54) is 16.3 Å². The van der Waals surface area contributed by atoms with Crippen LogP contribution in [-0.2, 0) is 6.42 Å². The van der Waals surface area contributed by atoms with Crippen LogP contribution in [0.5, 0.6) is 0 Å². The van der Waals surface area contributed by atoms with Crippen LogP contribution in [0.15, 0.2) is 42.5 Å². The van der Waals surface area contributed by atoms with Crippen molar-refractivity contribution in [3.63, 3.8) is 0 Å². The van der Waals surface area contributed by atoms with Crippen LogP contribution in [0.4, 0.5) is 0 Å². The highest BCUT2D eigenvalue weighted by atomic mass is 15.2. The summed E-state index contributed by atoms with van der Waals surface area (Å²) >= 11 is 0. The molecular weight excluding hydrogens is 244 g/mol. The van der Waals surface area contributed by atoms with Crippen molar-refractivity contribution in [3.05, 3.63) is 48.0 Å². The van der Waals surface area contributed by atoms with E-state index in [0.717, 1.165) is 19.5 Å². The Labute approximate surface area is 121 Å². The van der Waals surface area contributed by atoms with Crippen LogP contribution in [0.3, 0.4) is 0 Å². The highest BCUT2D eigenvalue weighted by Gasteiger charge is 2.30. The fraction of sp³-hybridized carbons (Fsp3) is 0.389. The summed E-state index contributed by atoms with van der Waals surface area (Å²) in [5, 5.41) is 12.2. The minimum absolute atomic E-state index is 0.451. The number of fused-ring (bicyclic) bond motifs is 1. The molecule has 20 heavy (non-hydrogen) atoms. The fourth-order valence-electron chi connectivity index (χ4n) is 2.96. The Bertz CT molecular complexity index is 617. The third kappa shape index (κ3) is 2.69. The Morgan fingerprint density at radius 3 is 2.35 bits per heavy atom. The first-order valence-corrected chi connectivity index (χ1v) is 7.27. The molecular formula is C18H22N2. The third-order valence-corrected chi connectivity index (χ3v) is 4.12. The first-order chi connectivity index (χ1) is 9.64. The molecule has 0 radical (unpaired) electrons. The van der Waals surface area contributed by atoms with Crippen LogP contribution in [-0.4, -0.2) is 23.5 Å². The molecule has 0 aliphatic carbocycles. The minimum atomic E-state index is -0.451. The van der Waals surface area contributed by atoms with Crippen LogP contribution in [0.25, 0.3) is 10.8 Å². The van der Waals surface area contributed by atoms with Crippen LogP contribution >= 0.6 is 0 Å². The first-order valence-electron chi connectivity index (χ1n) is 7.27. The van der Waals surface area contributed by atoms with Gasteiger partial charge in [0.15, 0.2) is 0 Å². The molecule has 0 aliphatic rings. The number of rotatable bonds is 5. The van der Waals surface area contributed by atoms with Crippen LogP contribution in [0.2, 0.25) is 0 Å². The van der Waals surface area contributed by atoms with E-state index in [2.05, 4.69) is 67.3 Å². The van der Waals surface area contributed by atoms with E-state index in [-0.39, 0.29) is 0 Å². The molecule has 104 valence electrons. The van der Waals surface area contributed by atoms with Crippen molar-refractivity contribution < 1.29 is 0 Å². The van der Waals surface area contributed by atoms with E-state index < -0.39 is 5.54 Å². The molecule has 1 unspecified atom stereocenters. The SMILES string of the molecule is CCN(CC)C(C)(C#N)Cc1cccc2ccccc12. The number of nitriles is 1. The maximum Gasteiger partial charge on any atom is 0.110 e. The summed E-state index contributed by atoms with van der Waals surface area (Å²) in [6.45, 7) is 8.06. The summed E-state index contributed by atoms with van der Waals surface area (Å²) in [6.07, 6.45) is 0.756. The molecule has 0 amide bonds. The molecule has 0 bridgehead atoms. The van der Waals surface area contributed by atoms with Gasteiger partial charge >= 0.3 is 0 Å². The Morgan fingerprint density at radius 1 is 1.05 bits per heavy atom. The van der Waals surface area contributed by atoms with Gasteiger partial charge in [0.05, 0.1) is 6.07 Å². The average molecular weight is 266 g/mol. The lowest BCUT2D eigenvalue weighted by Crippen LogP contribution is -2.46. The molecule has 0 aromatic heterocycles. The van der Waals surface area contributed by atoms with Crippen LogP contribution in [0.1, 0.15) is 26.3 Å². The zero-order chi connectivity index (χ0) is 14.6. The summed E-state index contributed by atoms with van der Waals surface area (Å²) in [7, 11) is 0. The van der Waals surface area contributed by atoms with E-state index in [1.54, 1.807) is 0 Å². The van der Waals surface area contributed by atoms with E-state index in [9.17, 15) is 5.26 Å². The maximum atomic E-state index is 9.66. The first kappa shape index (κ1) is 14.6. The summed E-state index contributed by atoms with van der Waals surface area (Å²) in [5.74, 6) is 0. The van der Waals surface area contributed by atoms with Crippen molar-refractivity contribution in [2.45, 2.75) is 32.7 Å². The number of hydrogen-bond acceptors (Lipinski definition) is 2. The van der Waals surface area contributed by atoms with Crippen molar-refractivity contribution in [2.75, 3.05) is 13.1 Å². The number of likely N-dealkylation sites (N-methyl/N-ethyl adjacent to an activating group) is 1. The van der Waals surface area contributed by atoms with Gasteiger partial charge in [-0.1, -0.05) is 56.3 Å². The summed E-state index contributed by atoms with van der Waals surface area (Å²) in [4.78, 5) is 2.23. The van der Waals surface area contributed by atoms with Gasteiger partial charge in [-0.05, 0) is 36.3 Å². The standard InChI is InChI=1S/C18H22N2/c1-4-20(5-2)18(3,14-19)13-16-11-8-10-15-9-6-7-12-17(15)16/h6-12H,4-5,13H2,1-3H3. The van der Waals surface area contributed by atoms with E-state index in [4.69, 9.17) is 0 Å². The molecule has 0 aliphatic heterocycles. The van der Waals surface area contributed by atoms with Crippen LogP contribution in [0, 0.1) is 11.3 Å². The van der Waals surface area contributed by atoms with Crippen molar-refractivity contribution in [3.8, 4) is 6.07 Å². The molecule has 2 nitrogen and oxygen atoms in total. The Morgan fingerprint density at radius 2 is 1.70 bits per heavy atom. The highest BCUT2D eigenvalue weighted by molar-refractivity contribution is 5.85. The quantitative estimate of drug-likeness (QED) is 0.817. The van der Waals surface area contributed by atoms with Crippen molar-refractivity contribution in [1.82, 2.24) is 4.90 Å². The summed E-state index contributed by atoms with van der Waals surface area (Å²) in [5.41, 5.74) is 0.798. The molecule has 2 aromatic rings. The third-order valence-electron chi connectivity index (χ3n) is 4.12. The Kier molecular flexibility index (Phi) is 4.42. The van der Waals surface area contributed by atoms with Crippen LogP contribution < -0.4 is 0 Å². The normalized spacial score (nSPS) is 14.2. The number of hydrogen-bond donors (Lipinski definition) is 0. The topological polar surface area (TPSA) is 27.0 Å². The molecule has 2 heteroatoms. The van der Waals surface area contributed by atoms with Crippen molar-refractivity contribution in [1.29, 1.82) is 5.26 Å². The van der Waals surface area contributed by atoms with Gasteiger partial charge in [-0.15, -0.1) is 0 Å². The minimum Gasteiger partial charge on any atom is -0.286 e. The van der Waals surface area contributed by atoms with Crippen molar-refractivity contribution in [2.24, 2.45) is 0 Å². The lowest BCUT2D eigenvalue weighted by Gasteiger charge is -2.34. The van der Waals surface area contributed by atoms with E-state index >= 15 is 0 Å². The van der Waals surface area contributed by atoms with E-state index in [0.29, 0.717) is 0 Å². The predicted molar refractivity (Wildman–Crippen MR) is 84.6 cm³/mol. The molecule has 2 aromatic carbocycles. The largest absolute Gasteiger partial charge is 0.286 e. The monoisotopic (exact) mass is 266 g/mol. The smallest absolute Gasteiger partial charge is 0.110 e. The fourth-order valence-corrected chi connectivity index (χ4v) is 2.96. The van der Waals surface area contributed by atoms with Gasteiger partial charge in [0.2, 0.25) is 0 Å². The van der Waals surface area contributed by atoms with Gasteiger partial charge < -0.3 is 0 Å². The second kappa shape index (κ2) is 6.07. The molecule has 0 heterocycles. The predicted octanol–water partition coefficient (Wildman–Crippen LogP) is 4.01. The van der Waals surface area contributed by atoms with Gasteiger partial charge in [-0.25, -0.2) is 0 Å². The second-order valence-corrected chi connectivity index (χ2v) is 5.37. The van der Waals surface area contributed by atoms with Gasteiger partial charge in [0.25, 0.3) is 0 Å². The molecule has 1 atom stereocenters. The lowest BCUT2D eigenvalue weighted by atomic mass is 9.89. The van der Waals surface area contributed by atoms with Gasteiger partial charge in [-0.3, -0.25) is 4.90 Å². The molecule has 0 N–H and O–H groups in total.